The van der Waals surface area contributed by atoms with Crippen molar-refractivity contribution in [3.05, 3.63) is 32.7 Å². The van der Waals surface area contributed by atoms with E-state index in [1.165, 1.54) is 6.42 Å². The summed E-state index contributed by atoms with van der Waals surface area (Å²) in [6.07, 6.45) is 10.1. The average molecular weight is 491 g/mol. The Morgan fingerprint density at radius 2 is 2.06 bits per heavy atom. The van der Waals surface area contributed by atoms with Gasteiger partial charge in [-0.3, -0.25) is 9.48 Å². The lowest BCUT2D eigenvalue weighted by molar-refractivity contribution is -0.390. The summed E-state index contributed by atoms with van der Waals surface area (Å²) in [5, 5.41) is 23.1. The number of carbonyl (C=O) groups excluding carboxylic acids is 1. The molecule has 2 unspecified atom stereocenters. The van der Waals surface area contributed by atoms with Gasteiger partial charge < -0.3 is 15.4 Å². The Hall–Kier alpha value is -2.23. The fourth-order valence-corrected chi connectivity index (χ4v) is 7.43. The molecule has 31 heavy (non-hydrogen) atoms. The average Bonchev–Trinajstić information content (AvgIpc) is 3.23. The van der Waals surface area contributed by atoms with Crippen LogP contribution in [0, 0.1) is 34.3 Å². The number of hydrogen-bond donors (Lipinski definition) is 1. The lowest BCUT2D eigenvalue weighted by atomic mass is 9.46. The van der Waals surface area contributed by atoms with Crippen molar-refractivity contribution in [3.63, 3.8) is 0 Å². The molecule has 4 aliphatic rings. The van der Waals surface area contributed by atoms with Crippen molar-refractivity contribution in [2.45, 2.75) is 70.9 Å². The quantitative estimate of drug-likeness (QED) is 0.476. The molecule has 4 fully saturated rings. The van der Waals surface area contributed by atoms with Crippen LogP contribution in [0.15, 0.2) is 16.9 Å². The van der Waals surface area contributed by atoms with Gasteiger partial charge in [0.1, 0.15) is 4.47 Å². The number of halogens is 1. The summed E-state index contributed by atoms with van der Waals surface area (Å²) in [4.78, 5) is 24.0. The molecule has 2 aromatic rings. The minimum absolute atomic E-state index is 0.0310. The summed E-state index contributed by atoms with van der Waals surface area (Å²) in [6, 6.07) is 0. The molecule has 0 spiro atoms. The Morgan fingerprint density at radius 1 is 1.35 bits per heavy atom. The highest BCUT2D eigenvalue weighted by molar-refractivity contribution is 9.10. The van der Waals surface area contributed by atoms with Crippen molar-refractivity contribution >= 4 is 33.3 Å². The molecule has 0 radical (unpaired) electrons. The fraction of sp³-hybridized carbons (Fsp3) is 0.667. The standard InChI is InChI=1S/C21H27BrN6O3/c1-3-26-13(2)17(10-23-26)24-18(29)9-20-5-14-4-15(6-20)8-21(7-14,12-20)27-11-16(22)19(25-27)28(30)31/h10-11,14-15H,3-9,12H2,1-2H3,(H,24,29). The molecule has 10 heteroatoms. The van der Waals surface area contributed by atoms with Crippen LogP contribution >= 0.6 is 15.9 Å². The molecular formula is C21H27BrN6O3. The summed E-state index contributed by atoms with van der Waals surface area (Å²) in [6.45, 7) is 4.76. The van der Waals surface area contributed by atoms with E-state index in [9.17, 15) is 14.9 Å². The summed E-state index contributed by atoms with van der Waals surface area (Å²) < 4.78 is 4.13. The van der Waals surface area contributed by atoms with Crippen molar-refractivity contribution in [2.75, 3.05) is 5.32 Å². The number of nitrogens with one attached hydrogen (secondary N) is 1. The molecular weight excluding hydrogens is 464 g/mol. The molecule has 4 aliphatic carbocycles. The molecule has 1 N–H and O–H groups in total. The van der Waals surface area contributed by atoms with Gasteiger partial charge in [-0.15, -0.1) is 0 Å². The highest BCUT2D eigenvalue weighted by atomic mass is 79.9. The van der Waals surface area contributed by atoms with Crippen LogP contribution in [0.3, 0.4) is 0 Å². The molecule has 0 aliphatic heterocycles. The Kier molecular flexibility index (Phi) is 4.76. The first-order chi connectivity index (χ1) is 14.7. The topological polar surface area (TPSA) is 108 Å². The van der Waals surface area contributed by atoms with Crippen LogP contribution in [0.5, 0.6) is 0 Å². The summed E-state index contributed by atoms with van der Waals surface area (Å²) in [7, 11) is 0. The minimum Gasteiger partial charge on any atom is -0.358 e. The van der Waals surface area contributed by atoms with Crippen LogP contribution in [-0.4, -0.2) is 30.4 Å². The first kappa shape index (κ1) is 20.7. The molecule has 0 saturated heterocycles. The van der Waals surface area contributed by atoms with Gasteiger partial charge in [0.25, 0.3) is 0 Å². The second-order valence-electron chi connectivity index (χ2n) is 9.87. The molecule has 6 rings (SSSR count). The monoisotopic (exact) mass is 490 g/mol. The molecule has 1 amide bonds. The van der Waals surface area contributed by atoms with Gasteiger partial charge in [0.05, 0.1) is 34.4 Å². The molecule has 0 aromatic carbocycles. The van der Waals surface area contributed by atoms with E-state index in [0.29, 0.717) is 22.7 Å². The van der Waals surface area contributed by atoms with E-state index in [4.69, 9.17) is 0 Å². The van der Waals surface area contributed by atoms with Crippen molar-refractivity contribution in [1.29, 1.82) is 0 Å². The first-order valence-electron chi connectivity index (χ1n) is 10.9. The zero-order valence-corrected chi connectivity index (χ0v) is 19.4. The normalized spacial score (nSPS) is 31.2. The van der Waals surface area contributed by atoms with Gasteiger partial charge >= 0.3 is 5.82 Å². The van der Waals surface area contributed by atoms with Crippen LogP contribution < -0.4 is 5.32 Å². The fourth-order valence-electron chi connectivity index (χ4n) is 7.01. The van der Waals surface area contributed by atoms with Gasteiger partial charge in [-0.1, -0.05) is 0 Å². The molecule has 2 atom stereocenters. The third kappa shape index (κ3) is 3.39. The molecule has 2 aromatic heterocycles. The van der Waals surface area contributed by atoms with Crippen LogP contribution in [0.1, 0.15) is 57.6 Å². The van der Waals surface area contributed by atoms with Crippen molar-refractivity contribution in [2.24, 2.45) is 17.3 Å². The number of hydrogen-bond acceptors (Lipinski definition) is 5. The van der Waals surface area contributed by atoms with Crippen LogP contribution in [-0.2, 0) is 16.9 Å². The number of aromatic nitrogens is 4. The van der Waals surface area contributed by atoms with Crippen molar-refractivity contribution < 1.29 is 9.72 Å². The largest absolute Gasteiger partial charge is 0.404 e. The maximum atomic E-state index is 13.1. The second kappa shape index (κ2) is 7.15. The number of amides is 1. The van der Waals surface area contributed by atoms with E-state index >= 15 is 0 Å². The molecule has 4 saturated carbocycles. The number of carbonyl (C=O) groups is 1. The van der Waals surface area contributed by atoms with Gasteiger partial charge in [-0.2, -0.15) is 9.78 Å². The molecule has 166 valence electrons. The first-order valence-corrected chi connectivity index (χ1v) is 11.7. The smallest absolute Gasteiger partial charge is 0.358 e. The summed E-state index contributed by atoms with van der Waals surface area (Å²) in [5.74, 6) is 0.982. The number of rotatable bonds is 6. The predicted octanol–water partition coefficient (Wildman–Crippen LogP) is 4.40. The van der Waals surface area contributed by atoms with Crippen molar-refractivity contribution in [3.8, 4) is 0 Å². The lowest BCUT2D eigenvalue weighted by Crippen LogP contribution is -2.57. The van der Waals surface area contributed by atoms with E-state index in [2.05, 4.69) is 31.4 Å². The Bertz CT molecular complexity index is 1050. The zero-order valence-electron chi connectivity index (χ0n) is 17.8. The Balaban J connectivity index is 1.40. The maximum absolute atomic E-state index is 13.1. The van der Waals surface area contributed by atoms with E-state index in [1.54, 1.807) is 12.4 Å². The predicted molar refractivity (Wildman–Crippen MR) is 118 cm³/mol. The van der Waals surface area contributed by atoms with Gasteiger partial charge in [0.2, 0.25) is 5.91 Å². The third-order valence-electron chi connectivity index (χ3n) is 7.67. The van der Waals surface area contributed by atoms with Crippen LogP contribution in [0.25, 0.3) is 0 Å². The number of nitrogens with zero attached hydrogens (tertiary/aromatic N) is 5. The number of aryl methyl sites for hydroxylation is 1. The molecule has 4 bridgehead atoms. The highest BCUT2D eigenvalue weighted by Gasteiger charge is 2.60. The summed E-state index contributed by atoms with van der Waals surface area (Å²) in [5.41, 5.74) is 1.43. The lowest BCUT2D eigenvalue weighted by Gasteiger charge is -2.61. The Labute approximate surface area is 188 Å². The minimum atomic E-state index is -0.441. The second-order valence-corrected chi connectivity index (χ2v) is 10.7. The molecule has 9 nitrogen and oxygen atoms in total. The highest BCUT2D eigenvalue weighted by Crippen LogP contribution is 2.65. The number of nitro groups is 1. The van der Waals surface area contributed by atoms with E-state index < -0.39 is 4.92 Å². The van der Waals surface area contributed by atoms with Crippen LogP contribution in [0.4, 0.5) is 11.5 Å². The summed E-state index contributed by atoms with van der Waals surface area (Å²) >= 11 is 3.31. The third-order valence-corrected chi connectivity index (χ3v) is 8.23. The van der Waals surface area contributed by atoms with E-state index in [0.717, 1.165) is 50.0 Å². The van der Waals surface area contributed by atoms with Gasteiger partial charge in [0.15, 0.2) is 0 Å². The van der Waals surface area contributed by atoms with Gasteiger partial charge in [0, 0.05) is 13.0 Å². The maximum Gasteiger partial charge on any atom is 0.404 e. The van der Waals surface area contributed by atoms with Gasteiger partial charge in [-0.25, -0.2) is 0 Å². The Morgan fingerprint density at radius 3 is 2.65 bits per heavy atom. The van der Waals surface area contributed by atoms with Crippen LogP contribution in [0.2, 0.25) is 0 Å². The van der Waals surface area contributed by atoms with E-state index in [1.807, 2.05) is 23.2 Å². The SMILES string of the molecule is CCn1ncc(NC(=O)CC23CC4CC(C2)CC(n2cc(Br)c([N+](=O)[O-])n2)(C4)C3)c1C. The number of anilines is 1. The van der Waals surface area contributed by atoms with Crippen molar-refractivity contribution in [1.82, 2.24) is 19.6 Å². The molecule has 2 heterocycles. The zero-order chi connectivity index (χ0) is 22.0. The van der Waals surface area contributed by atoms with E-state index in [-0.39, 0.29) is 22.7 Å². The van der Waals surface area contributed by atoms with Gasteiger partial charge in [-0.05, 0) is 90.5 Å².